The van der Waals surface area contributed by atoms with Crippen LogP contribution >= 0.6 is 0 Å². The first-order valence-electron chi connectivity index (χ1n) is 13.0. The normalized spacial score (nSPS) is 14.4. The molecule has 0 radical (unpaired) electrons. The van der Waals surface area contributed by atoms with Crippen molar-refractivity contribution in [1.82, 2.24) is 0 Å². The summed E-state index contributed by atoms with van der Waals surface area (Å²) in [6, 6.07) is 23.3. The minimum absolute atomic E-state index is 0.631. The summed E-state index contributed by atoms with van der Waals surface area (Å²) in [5.74, 6) is 0.637. The summed E-state index contributed by atoms with van der Waals surface area (Å²) in [4.78, 5) is 3.78. The quantitative estimate of drug-likeness (QED) is 0.190. The van der Waals surface area contributed by atoms with Crippen LogP contribution in [0.4, 0.5) is 5.69 Å². The molecule has 0 amide bonds. The smallest absolute Gasteiger partial charge is 0.216 e. The fourth-order valence-electron chi connectivity index (χ4n) is 5.98. The maximum absolute atomic E-state index is 7.71. The zero-order chi connectivity index (χ0) is 24.8. The fourth-order valence-corrected chi connectivity index (χ4v) is 5.98. The van der Waals surface area contributed by atoms with Gasteiger partial charge in [0.05, 0.1) is 12.1 Å². The summed E-state index contributed by atoms with van der Waals surface area (Å²) in [6.45, 7) is 12.1. The van der Waals surface area contributed by atoms with Gasteiger partial charge in [0.2, 0.25) is 5.69 Å². The Kier molecular flexibility index (Phi) is 5.61. The van der Waals surface area contributed by atoms with E-state index in [1.807, 2.05) is 30.3 Å². The first kappa shape index (κ1) is 22.6. The van der Waals surface area contributed by atoms with E-state index in [0.29, 0.717) is 11.6 Å². The van der Waals surface area contributed by atoms with Crippen molar-refractivity contribution < 1.29 is 8.98 Å². The van der Waals surface area contributed by atoms with Crippen LogP contribution in [-0.4, -0.2) is 0 Å². The van der Waals surface area contributed by atoms with Crippen LogP contribution in [0, 0.1) is 20.4 Å². The van der Waals surface area contributed by atoms with E-state index in [9.17, 15) is 0 Å². The molecule has 3 heteroatoms. The van der Waals surface area contributed by atoms with E-state index < -0.39 is 0 Å². The van der Waals surface area contributed by atoms with Crippen LogP contribution in [0.25, 0.3) is 49.2 Å². The highest BCUT2D eigenvalue weighted by Gasteiger charge is 2.26. The van der Waals surface area contributed by atoms with Gasteiger partial charge in [0.25, 0.3) is 0 Å². The van der Waals surface area contributed by atoms with E-state index in [-0.39, 0.29) is 0 Å². The average molecular weight is 472 g/mol. The van der Waals surface area contributed by atoms with Crippen molar-refractivity contribution >= 4 is 27.6 Å². The fraction of sp³-hybridized carbons (Fsp3) is 0.273. The molecule has 36 heavy (non-hydrogen) atoms. The Hall–Kier alpha value is -3.90. The van der Waals surface area contributed by atoms with Gasteiger partial charge in [-0.25, -0.2) is 4.85 Å². The molecule has 0 unspecified atom stereocenters. The third-order valence-electron chi connectivity index (χ3n) is 8.05. The van der Waals surface area contributed by atoms with Crippen LogP contribution in [0.1, 0.15) is 54.8 Å². The lowest BCUT2D eigenvalue weighted by Gasteiger charge is -2.22. The standard InChI is InChI=1S/C33H31N2O/c1-21-15-16-27-29-20-26(34-3)19-28(24-13-9-6-10-14-24)32(29)36-33(27)31(21)30-18-25(17-22(2)35(30)4)23-11-7-5-8-12-23/h6,9-10,13-20,23H,5,7-8,11-12H2,1-2,4H3/q+1. The lowest BCUT2D eigenvalue weighted by atomic mass is 9.83. The average Bonchev–Trinajstić information content (AvgIpc) is 3.29. The summed E-state index contributed by atoms with van der Waals surface area (Å²) in [5, 5.41) is 2.07. The molecule has 2 aromatic heterocycles. The second-order valence-electron chi connectivity index (χ2n) is 10.3. The Labute approximate surface area is 212 Å². The number of rotatable bonds is 3. The number of pyridine rings is 1. The summed E-state index contributed by atoms with van der Waals surface area (Å²) in [5.41, 5.74) is 10.7. The van der Waals surface area contributed by atoms with Gasteiger partial charge in [0.15, 0.2) is 11.4 Å². The van der Waals surface area contributed by atoms with Gasteiger partial charge >= 0.3 is 0 Å². The van der Waals surface area contributed by atoms with Crippen molar-refractivity contribution in [3.05, 3.63) is 95.0 Å². The molecule has 2 heterocycles. The number of aromatic nitrogens is 1. The topological polar surface area (TPSA) is 21.4 Å². The van der Waals surface area contributed by atoms with Gasteiger partial charge in [-0.1, -0.05) is 61.7 Å². The Balaban J connectivity index is 1.65. The predicted octanol–water partition coefficient (Wildman–Crippen LogP) is 8.96. The van der Waals surface area contributed by atoms with Gasteiger partial charge in [-0.15, -0.1) is 0 Å². The van der Waals surface area contributed by atoms with Crippen LogP contribution in [0.3, 0.4) is 0 Å². The largest absolute Gasteiger partial charge is 0.455 e. The van der Waals surface area contributed by atoms with E-state index in [2.05, 4.69) is 66.7 Å². The second-order valence-corrected chi connectivity index (χ2v) is 10.3. The molecular formula is C33H31N2O+. The maximum atomic E-state index is 7.71. The number of hydrogen-bond acceptors (Lipinski definition) is 1. The molecule has 0 bridgehead atoms. The van der Waals surface area contributed by atoms with Crippen molar-refractivity contribution in [2.75, 3.05) is 0 Å². The van der Waals surface area contributed by atoms with Gasteiger partial charge in [-0.2, -0.15) is 4.57 Å². The van der Waals surface area contributed by atoms with Gasteiger partial charge < -0.3 is 4.42 Å². The molecule has 1 aliphatic carbocycles. The second kappa shape index (κ2) is 8.95. The van der Waals surface area contributed by atoms with Crippen molar-refractivity contribution in [2.24, 2.45) is 7.05 Å². The molecule has 1 aliphatic rings. The van der Waals surface area contributed by atoms with Crippen molar-refractivity contribution in [3.63, 3.8) is 0 Å². The zero-order valence-corrected chi connectivity index (χ0v) is 21.3. The highest BCUT2D eigenvalue weighted by Crippen LogP contribution is 2.43. The highest BCUT2D eigenvalue weighted by atomic mass is 16.3. The monoisotopic (exact) mass is 471 g/mol. The third-order valence-corrected chi connectivity index (χ3v) is 8.05. The molecule has 6 rings (SSSR count). The van der Waals surface area contributed by atoms with Gasteiger partial charge in [0, 0.05) is 35.4 Å². The lowest BCUT2D eigenvalue weighted by molar-refractivity contribution is -0.666. The van der Waals surface area contributed by atoms with Crippen LogP contribution in [0.15, 0.2) is 71.1 Å². The Morgan fingerprint density at radius 2 is 1.64 bits per heavy atom. The van der Waals surface area contributed by atoms with E-state index in [0.717, 1.165) is 38.6 Å². The number of hydrogen-bond donors (Lipinski definition) is 0. The van der Waals surface area contributed by atoms with Gasteiger partial charge in [0.1, 0.15) is 18.2 Å². The zero-order valence-electron chi connectivity index (χ0n) is 21.3. The molecule has 3 aromatic carbocycles. The van der Waals surface area contributed by atoms with E-state index in [1.165, 1.54) is 54.6 Å². The summed E-state index contributed by atoms with van der Waals surface area (Å²) < 4.78 is 9.06. The molecule has 0 N–H and O–H groups in total. The first-order valence-corrected chi connectivity index (χ1v) is 13.0. The van der Waals surface area contributed by atoms with Crippen LogP contribution < -0.4 is 4.57 Å². The first-order chi connectivity index (χ1) is 17.5. The van der Waals surface area contributed by atoms with E-state index in [1.54, 1.807) is 0 Å². The maximum Gasteiger partial charge on any atom is 0.216 e. The molecule has 1 fully saturated rings. The molecule has 178 valence electrons. The molecule has 1 saturated carbocycles. The molecular weight excluding hydrogens is 440 g/mol. The summed E-state index contributed by atoms with van der Waals surface area (Å²) in [7, 11) is 2.16. The Morgan fingerprint density at radius 1 is 0.861 bits per heavy atom. The van der Waals surface area contributed by atoms with Crippen molar-refractivity contribution in [2.45, 2.75) is 51.9 Å². The third kappa shape index (κ3) is 3.69. The molecule has 3 nitrogen and oxygen atoms in total. The molecule has 0 saturated heterocycles. The SMILES string of the molecule is [C-]#[N+]c1cc(-c2ccccc2)c2oc3c(-c4cc(C5CCCCC5)cc(C)[n+]4C)c(C)ccc3c2c1. The number of fused-ring (bicyclic) bond motifs is 3. The number of furan rings is 1. The highest BCUT2D eigenvalue weighted by molar-refractivity contribution is 6.14. The molecule has 0 spiro atoms. The van der Waals surface area contributed by atoms with E-state index in [4.69, 9.17) is 11.0 Å². The van der Waals surface area contributed by atoms with E-state index >= 15 is 0 Å². The molecule has 5 aromatic rings. The minimum Gasteiger partial charge on any atom is -0.455 e. The van der Waals surface area contributed by atoms with Crippen molar-refractivity contribution in [1.29, 1.82) is 0 Å². The van der Waals surface area contributed by atoms with Crippen LogP contribution in [-0.2, 0) is 7.05 Å². The number of benzene rings is 3. The van der Waals surface area contributed by atoms with Crippen molar-refractivity contribution in [3.8, 4) is 22.4 Å². The van der Waals surface area contributed by atoms with Crippen LogP contribution in [0.2, 0.25) is 0 Å². The lowest BCUT2D eigenvalue weighted by Crippen LogP contribution is -2.35. The molecule has 0 atom stereocenters. The number of nitrogens with zero attached hydrogens (tertiary/aromatic N) is 2. The van der Waals surface area contributed by atoms with Gasteiger partial charge in [-0.05, 0) is 54.5 Å². The summed E-state index contributed by atoms with van der Waals surface area (Å²) in [6.07, 6.45) is 6.56. The number of aryl methyl sites for hydroxylation is 2. The Morgan fingerprint density at radius 3 is 2.39 bits per heavy atom. The molecule has 0 aliphatic heterocycles. The Bertz CT molecular complexity index is 1650. The summed E-state index contributed by atoms with van der Waals surface area (Å²) >= 11 is 0. The van der Waals surface area contributed by atoms with Gasteiger partial charge in [-0.3, -0.25) is 0 Å². The minimum atomic E-state index is 0.631. The predicted molar refractivity (Wildman–Crippen MR) is 147 cm³/mol. The van der Waals surface area contributed by atoms with Crippen LogP contribution in [0.5, 0.6) is 0 Å².